The third-order valence-electron chi connectivity index (χ3n) is 5.57. The van der Waals surface area contributed by atoms with Gasteiger partial charge in [0.25, 0.3) is 5.69 Å². The lowest BCUT2D eigenvalue weighted by Crippen LogP contribution is -2.33. The van der Waals surface area contributed by atoms with E-state index < -0.39 is 0 Å². The average molecular weight is 411 g/mol. The topological polar surface area (TPSA) is 77.7 Å². The number of hydrogen-bond donors (Lipinski definition) is 0. The van der Waals surface area contributed by atoms with E-state index >= 15 is 0 Å². The first-order valence-electron chi connectivity index (χ1n) is 9.79. The Morgan fingerprint density at radius 2 is 2.17 bits per heavy atom. The first-order valence-corrected chi connectivity index (χ1v) is 10.6. The van der Waals surface area contributed by atoms with Crippen molar-refractivity contribution in [1.82, 2.24) is 9.88 Å². The zero-order valence-corrected chi connectivity index (χ0v) is 16.7. The molecule has 29 heavy (non-hydrogen) atoms. The number of rotatable bonds is 4. The number of thiazole rings is 1. The van der Waals surface area contributed by atoms with Crippen molar-refractivity contribution in [2.75, 3.05) is 13.3 Å². The van der Waals surface area contributed by atoms with Crippen molar-refractivity contribution in [2.45, 2.75) is 38.5 Å². The SMILES string of the molecule is O=[N+]([O-])c1cc2c(c(CN3CCCC[C@@H]3c3nc4ccccc4s3)c1)OCOC2. The fourth-order valence-electron chi connectivity index (χ4n) is 4.21. The molecule has 1 saturated heterocycles. The van der Waals surface area contributed by atoms with Gasteiger partial charge in [0.15, 0.2) is 6.79 Å². The number of benzene rings is 2. The number of ether oxygens (including phenoxy) is 2. The molecule has 1 aromatic heterocycles. The van der Waals surface area contributed by atoms with Crippen LogP contribution in [0.4, 0.5) is 5.69 Å². The van der Waals surface area contributed by atoms with Crippen molar-refractivity contribution in [2.24, 2.45) is 0 Å². The van der Waals surface area contributed by atoms with Crippen LogP contribution >= 0.6 is 11.3 Å². The van der Waals surface area contributed by atoms with Gasteiger partial charge < -0.3 is 9.47 Å². The third-order valence-corrected chi connectivity index (χ3v) is 6.70. The highest BCUT2D eigenvalue weighted by Crippen LogP contribution is 2.39. The van der Waals surface area contributed by atoms with Gasteiger partial charge in [-0.1, -0.05) is 18.6 Å². The van der Waals surface area contributed by atoms with Crippen LogP contribution in [0.15, 0.2) is 36.4 Å². The molecule has 0 N–H and O–H groups in total. The zero-order valence-electron chi connectivity index (χ0n) is 15.9. The molecule has 3 aromatic rings. The van der Waals surface area contributed by atoms with Gasteiger partial charge in [0.1, 0.15) is 10.8 Å². The molecule has 2 aliphatic heterocycles. The Labute approximate surface area is 172 Å². The van der Waals surface area contributed by atoms with Crippen LogP contribution in [0.5, 0.6) is 5.75 Å². The van der Waals surface area contributed by atoms with E-state index in [4.69, 9.17) is 14.5 Å². The number of nitro groups is 1. The number of nitrogens with zero attached hydrogens (tertiary/aromatic N) is 3. The van der Waals surface area contributed by atoms with E-state index in [2.05, 4.69) is 11.0 Å². The molecule has 0 aliphatic carbocycles. The van der Waals surface area contributed by atoms with Crippen molar-refractivity contribution in [3.05, 3.63) is 62.6 Å². The minimum atomic E-state index is -0.348. The van der Waals surface area contributed by atoms with Gasteiger partial charge in [0.05, 0.1) is 27.8 Å². The van der Waals surface area contributed by atoms with Crippen LogP contribution in [0, 0.1) is 10.1 Å². The molecule has 150 valence electrons. The summed E-state index contributed by atoms with van der Waals surface area (Å²) in [4.78, 5) is 18.3. The molecule has 5 rings (SSSR count). The first-order chi connectivity index (χ1) is 14.2. The monoisotopic (exact) mass is 411 g/mol. The molecule has 3 heterocycles. The van der Waals surface area contributed by atoms with Crippen molar-refractivity contribution in [1.29, 1.82) is 0 Å². The van der Waals surface area contributed by atoms with E-state index in [-0.39, 0.29) is 23.4 Å². The fourth-order valence-corrected chi connectivity index (χ4v) is 5.35. The van der Waals surface area contributed by atoms with Crippen LogP contribution in [0.2, 0.25) is 0 Å². The Kier molecular flexibility index (Phi) is 4.91. The minimum absolute atomic E-state index is 0.0846. The highest BCUT2D eigenvalue weighted by atomic mass is 32.1. The first kappa shape index (κ1) is 18.5. The fraction of sp³-hybridized carbons (Fsp3) is 0.381. The Hall–Kier alpha value is -2.55. The van der Waals surface area contributed by atoms with E-state index in [1.165, 1.54) is 4.70 Å². The Morgan fingerprint density at radius 1 is 1.28 bits per heavy atom. The van der Waals surface area contributed by atoms with Crippen LogP contribution < -0.4 is 4.74 Å². The zero-order chi connectivity index (χ0) is 19.8. The standard InChI is InChI=1S/C21H21N3O4S/c25-24(26)16-9-14(20-15(10-16)12-27-13-28-20)11-23-8-4-3-6-18(23)21-22-17-5-1-2-7-19(17)29-21/h1-2,5,7,9-10,18H,3-4,6,8,11-13H2/t18-/m1/s1. The molecule has 0 amide bonds. The van der Waals surface area contributed by atoms with E-state index in [0.717, 1.165) is 53.2 Å². The molecule has 0 saturated carbocycles. The van der Waals surface area contributed by atoms with Crippen molar-refractivity contribution >= 4 is 27.2 Å². The van der Waals surface area contributed by atoms with Crippen LogP contribution in [-0.2, 0) is 17.9 Å². The predicted octanol–water partition coefficient (Wildman–Crippen LogP) is 4.80. The van der Waals surface area contributed by atoms with Gasteiger partial charge in [-0.15, -0.1) is 11.3 Å². The van der Waals surface area contributed by atoms with Gasteiger partial charge >= 0.3 is 0 Å². The molecule has 2 aliphatic rings. The summed E-state index contributed by atoms with van der Waals surface area (Å²) < 4.78 is 12.3. The van der Waals surface area contributed by atoms with Gasteiger partial charge in [-0.05, 0) is 31.5 Å². The molecular weight excluding hydrogens is 390 g/mol. The number of likely N-dealkylation sites (tertiary alicyclic amines) is 1. The van der Waals surface area contributed by atoms with Crippen LogP contribution in [0.3, 0.4) is 0 Å². The normalized spacial score (nSPS) is 19.7. The molecule has 0 radical (unpaired) electrons. The molecule has 1 fully saturated rings. The molecule has 0 bridgehead atoms. The summed E-state index contributed by atoms with van der Waals surface area (Å²) >= 11 is 1.74. The smallest absolute Gasteiger partial charge is 0.270 e. The molecule has 2 aromatic carbocycles. The van der Waals surface area contributed by atoms with Gasteiger partial charge in [-0.3, -0.25) is 15.0 Å². The summed E-state index contributed by atoms with van der Waals surface area (Å²) in [5.41, 5.74) is 2.71. The van der Waals surface area contributed by atoms with Crippen LogP contribution in [-0.4, -0.2) is 28.1 Å². The number of piperidine rings is 1. The summed E-state index contributed by atoms with van der Waals surface area (Å²) in [6.07, 6.45) is 3.32. The maximum absolute atomic E-state index is 11.4. The van der Waals surface area contributed by atoms with Crippen molar-refractivity contribution in [3.8, 4) is 5.75 Å². The maximum Gasteiger partial charge on any atom is 0.270 e. The molecular formula is C21H21N3O4S. The second-order valence-electron chi connectivity index (χ2n) is 7.46. The predicted molar refractivity (Wildman–Crippen MR) is 110 cm³/mol. The second kappa shape index (κ2) is 7.70. The van der Waals surface area contributed by atoms with Gasteiger partial charge in [-0.25, -0.2) is 4.98 Å². The lowest BCUT2D eigenvalue weighted by molar-refractivity contribution is -0.385. The molecule has 0 spiro atoms. The largest absolute Gasteiger partial charge is 0.467 e. The number of hydrogen-bond acceptors (Lipinski definition) is 7. The quantitative estimate of drug-likeness (QED) is 0.453. The molecule has 1 atom stereocenters. The van der Waals surface area contributed by atoms with E-state index in [1.54, 1.807) is 23.5 Å². The number of fused-ring (bicyclic) bond motifs is 2. The third kappa shape index (κ3) is 3.59. The Balaban J connectivity index is 1.49. The Bertz CT molecular complexity index is 1030. The summed E-state index contributed by atoms with van der Waals surface area (Å²) in [6.45, 7) is 2.06. The van der Waals surface area contributed by atoms with Gasteiger partial charge in [-0.2, -0.15) is 0 Å². The number of non-ortho nitro benzene ring substituents is 1. The second-order valence-corrected chi connectivity index (χ2v) is 8.53. The lowest BCUT2D eigenvalue weighted by atomic mass is 10.00. The van der Waals surface area contributed by atoms with Gasteiger partial charge in [0, 0.05) is 29.8 Å². The van der Waals surface area contributed by atoms with E-state index in [0.29, 0.717) is 13.2 Å². The van der Waals surface area contributed by atoms with Crippen LogP contribution in [0.25, 0.3) is 10.2 Å². The summed E-state index contributed by atoms with van der Waals surface area (Å²) in [5, 5.41) is 12.5. The van der Waals surface area contributed by atoms with Crippen molar-refractivity contribution < 1.29 is 14.4 Å². The van der Waals surface area contributed by atoms with E-state index in [1.807, 2.05) is 18.2 Å². The van der Waals surface area contributed by atoms with Crippen LogP contribution in [0.1, 0.15) is 41.4 Å². The Morgan fingerprint density at radius 3 is 3.03 bits per heavy atom. The highest BCUT2D eigenvalue weighted by molar-refractivity contribution is 7.18. The maximum atomic E-state index is 11.4. The number of para-hydroxylation sites is 1. The number of nitro benzene ring substituents is 1. The van der Waals surface area contributed by atoms with Crippen molar-refractivity contribution in [3.63, 3.8) is 0 Å². The van der Waals surface area contributed by atoms with E-state index in [9.17, 15) is 10.1 Å². The lowest BCUT2D eigenvalue weighted by Gasteiger charge is -2.35. The average Bonchev–Trinajstić information content (AvgIpc) is 3.18. The molecule has 8 heteroatoms. The minimum Gasteiger partial charge on any atom is -0.467 e. The van der Waals surface area contributed by atoms with Gasteiger partial charge in [0.2, 0.25) is 0 Å². The highest BCUT2D eigenvalue weighted by Gasteiger charge is 2.29. The summed E-state index contributed by atoms with van der Waals surface area (Å²) in [7, 11) is 0. The number of aromatic nitrogens is 1. The molecule has 7 nitrogen and oxygen atoms in total. The summed E-state index contributed by atoms with van der Waals surface area (Å²) in [5.74, 6) is 0.732. The molecule has 0 unspecified atom stereocenters. The summed E-state index contributed by atoms with van der Waals surface area (Å²) in [6, 6.07) is 11.6.